The first-order chi connectivity index (χ1) is 9.49. The molecule has 0 bridgehead atoms. The summed E-state index contributed by atoms with van der Waals surface area (Å²) in [6, 6.07) is 2.44. The van der Waals surface area contributed by atoms with Crippen LogP contribution in [0.2, 0.25) is 0 Å². The van der Waals surface area contributed by atoms with Crippen LogP contribution in [0.3, 0.4) is 0 Å². The summed E-state index contributed by atoms with van der Waals surface area (Å²) in [5.74, 6) is 2.36. The molecule has 1 N–H and O–H groups in total. The van der Waals surface area contributed by atoms with E-state index in [0.29, 0.717) is 11.9 Å². The van der Waals surface area contributed by atoms with Gasteiger partial charge in [-0.25, -0.2) is 4.98 Å². The largest absolute Gasteiger partial charge is 0.481 e. The van der Waals surface area contributed by atoms with Crippen molar-refractivity contribution in [1.29, 1.82) is 0 Å². The molecule has 0 unspecified atom stereocenters. The normalized spacial score (nSPS) is 17.6. The second kappa shape index (κ2) is 6.42. The van der Waals surface area contributed by atoms with Crippen molar-refractivity contribution in [2.24, 2.45) is 0 Å². The van der Waals surface area contributed by atoms with Crippen LogP contribution in [0.4, 0.5) is 5.82 Å². The fourth-order valence-corrected chi connectivity index (χ4v) is 2.57. The van der Waals surface area contributed by atoms with Crippen LogP contribution in [0.15, 0.2) is 6.07 Å². The Hall–Kier alpha value is -1.32. The number of rotatable bonds is 3. The van der Waals surface area contributed by atoms with E-state index in [1.165, 1.54) is 38.5 Å². The summed E-state index contributed by atoms with van der Waals surface area (Å²) in [5.41, 5.74) is -0.0750. The summed E-state index contributed by atoms with van der Waals surface area (Å²) in [7, 11) is 1.66. The predicted octanol–water partition coefficient (Wildman–Crippen LogP) is 3.92. The zero-order valence-electron chi connectivity index (χ0n) is 13.2. The highest BCUT2D eigenvalue weighted by Gasteiger charge is 2.20. The molecule has 0 radical (unpaired) electrons. The van der Waals surface area contributed by atoms with Gasteiger partial charge in [-0.1, -0.05) is 46.5 Å². The summed E-state index contributed by atoms with van der Waals surface area (Å²) in [5, 5.41) is 3.58. The van der Waals surface area contributed by atoms with Crippen molar-refractivity contribution in [3.8, 4) is 5.88 Å². The Bertz CT molecular complexity index is 432. The lowest BCUT2D eigenvalue weighted by Gasteiger charge is -2.21. The number of ether oxygens (including phenoxy) is 1. The van der Waals surface area contributed by atoms with E-state index in [9.17, 15) is 0 Å². The van der Waals surface area contributed by atoms with Crippen molar-refractivity contribution in [2.45, 2.75) is 70.8 Å². The number of methoxy groups -OCH3 is 1. The minimum atomic E-state index is -0.0750. The number of anilines is 1. The summed E-state index contributed by atoms with van der Waals surface area (Å²) >= 11 is 0. The van der Waals surface area contributed by atoms with Gasteiger partial charge < -0.3 is 10.1 Å². The van der Waals surface area contributed by atoms with Gasteiger partial charge in [0.1, 0.15) is 11.6 Å². The molecule has 1 aromatic rings. The predicted molar refractivity (Wildman–Crippen MR) is 82.4 cm³/mol. The third-order valence-electron chi connectivity index (χ3n) is 3.79. The molecular weight excluding hydrogens is 250 g/mol. The van der Waals surface area contributed by atoms with E-state index in [4.69, 9.17) is 4.74 Å². The van der Waals surface area contributed by atoms with Crippen LogP contribution in [-0.4, -0.2) is 23.1 Å². The van der Waals surface area contributed by atoms with Gasteiger partial charge in [-0.05, 0) is 12.8 Å². The molecule has 1 saturated carbocycles. The van der Waals surface area contributed by atoms with Gasteiger partial charge in [0.25, 0.3) is 0 Å². The van der Waals surface area contributed by atoms with Gasteiger partial charge in [0.2, 0.25) is 5.88 Å². The standard InChI is InChI=1S/C16H27N3O/c1-16(2,3)15-18-13(11-14(19-15)20-4)17-12-9-7-5-6-8-10-12/h11-12H,5-10H2,1-4H3,(H,17,18,19). The quantitative estimate of drug-likeness (QED) is 0.851. The van der Waals surface area contributed by atoms with Crippen LogP contribution in [0, 0.1) is 0 Å². The Morgan fingerprint density at radius 1 is 1.10 bits per heavy atom. The lowest BCUT2D eigenvalue weighted by atomic mass is 9.96. The Morgan fingerprint density at radius 3 is 2.30 bits per heavy atom. The molecule has 4 heteroatoms. The average molecular weight is 277 g/mol. The van der Waals surface area contributed by atoms with Crippen LogP contribution < -0.4 is 10.1 Å². The first-order valence-corrected chi connectivity index (χ1v) is 7.69. The summed E-state index contributed by atoms with van der Waals surface area (Å²) in [6.07, 6.45) is 7.81. The van der Waals surface area contributed by atoms with E-state index in [0.717, 1.165) is 11.6 Å². The Kier molecular flexibility index (Phi) is 4.84. The summed E-state index contributed by atoms with van der Waals surface area (Å²) in [4.78, 5) is 9.14. The third-order valence-corrected chi connectivity index (χ3v) is 3.79. The maximum absolute atomic E-state index is 5.31. The molecule has 2 rings (SSSR count). The molecule has 1 heterocycles. The molecule has 112 valence electrons. The van der Waals surface area contributed by atoms with Gasteiger partial charge in [-0.3, -0.25) is 0 Å². The number of nitrogens with zero attached hydrogens (tertiary/aromatic N) is 2. The van der Waals surface area contributed by atoms with E-state index >= 15 is 0 Å². The van der Waals surface area contributed by atoms with E-state index in [1.807, 2.05) is 6.07 Å². The first-order valence-electron chi connectivity index (χ1n) is 7.69. The first kappa shape index (κ1) is 15.1. The van der Waals surface area contributed by atoms with Crippen LogP contribution in [0.25, 0.3) is 0 Å². The minimum absolute atomic E-state index is 0.0750. The highest BCUT2D eigenvalue weighted by atomic mass is 16.5. The van der Waals surface area contributed by atoms with Gasteiger partial charge in [0.05, 0.1) is 7.11 Å². The zero-order chi connectivity index (χ0) is 14.6. The van der Waals surface area contributed by atoms with Crippen molar-refractivity contribution in [1.82, 2.24) is 9.97 Å². The third kappa shape index (κ3) is 4.09. The number of hydrogen-bond acceptors (Lipinski definition) is 4. The molecule has 1 fully saturated rings. The van der Waals surface area contributed by atoms with Gasteiger partial charge in [-0.15, -0.1) is 0 Å². The maximum Gasteiger partial charge on any atom is 0.218 e. The van der Waals surface area contributed by atoms with Crippen molar-refractivity contribution < 1.29 is 4.74 Å². The fourth-order valence-electron chi connectivity index (χ4n) is 2.57. The van der Waals surface area contributed by atoms with Gasteiger partial charge >= 0.3 is 0 Å². The summed E-state index contributed by atoms with van der Waals surface area (Å²) in [6.45, 7) is 6.37. The van der Waals surface area contributed by atoms with Crippen molar-refractivity contribution in [3.05, 3.63) is 11.9 Å². The Labute approximate surface area is 122 Å². The van der Waals surface area contributed by atoms with Crippen LogP contribution in [0.1, 0.15) is 65.1 Å². The SMILES string of the molecule is COc1cc(NC2CCCCCC2)nc(C(C)(C)C)n1. The minimum Gasteiger partial charge on any atom is -0.481 e. The molecule has 1 aliphatic rings. The zero-order valence-corrected chi connectivity index (χ0v) is 13.2. The van der Waals surface area contributed by atoms with Crippen molar-refractivity contribution in [2.75, 3.05) is 12.4 Å². The lowest BCUT2D eigenvalue weighted by Crippen LogP contribution is -2.22. The molecule has 0 aromatic carbocycles. The second-order valence-corrected chi connectivity index (χ2v) is 6.70. The van der Waals surface area contributed by atoms with E-state index in [-0.39, 0.29) is 5.41 Å². The fraction of sp³-hybridized carbons (Fsp3) is 0.750. The number of nitrogens with one attached hydrogen (secondary N) is 1. The Morgan fingerprint density at radius 2 is 1.75 bits per heavy atom. The molecule has 0 spiro atoms. The van der Waals surface area contributed by atoms with E-state index < -0.39 is 0 Å². The topological polar surface area (TPSA) is 47.0 Å². The van der Waals surface area contributed by atoms with Gasteiger partial charge in [0, 0.05) is 17.5 Å². The highest BCUT2D eigenvalue weighted by Crippen LogP contribution is 2.25. The molecule has 0 aliphatic heterocycles. The number of aromatic nitrogens is 2. The lowest BCUT2D eigenvalue weighted by molar-refractivity contribution is 0.389. The smallest absolute Gasteiger partial charge is 0.218 e. The molecular formula is C16H27N3O. The van der Waals surface area contributed by atoms with Crippen LogP contribution >= 0.6 is 0 Å². The Balaban J connectivity index is 2.17. The molecule has 1 aromatic heterocycles. The van der Waals surface area contributed by atoms with Gasteiger partial charge in [0.15, 0.2) is 0 Å². The monoisotopic (exact) mass is 277 g/mol. The molecule has 0 atom stereocenters. The second-order valence-electron chi connectivity index (χ2n) is 6.70. The number of hydrogen-bond donors (Lipinski definition) is 1. The molecule has 1 aliphatic carbocycles. The van der Waals surface area contributed by atoms with Crippen LogP contribution in [0.5, 0.6) is 5.88 Å². The van der Waals surface area contributed by atoms with Crippen molar-refractivity contribution >= 4 is 5.82 Å². The van der Waals surface area contributed by atoms with E-state index in [1.54, 1.807) is 7.11 Å². The van der Waals surface area contributed by atoms with Gasteiger partial charge in [-0.2, -0.15) is 4.98 Å². The molecule has 4 nitrogen and oxygen atoms in total. The summed E-state index contributed by atoms with van der Waals surface area (Å²) < 4.78 is 5.31. The van der Waals surface area contributed by atoms with Crippen LogP contribution in [-0.2, 0) is 5.41 Å². The van der Waals surface area contributed by atoms with Crippen molar-refractivity contribution in [3.63, 3.8) is 0 Å². The molecule has 20 heavy (non-hydrogen) atoms. The molecule has 0 amide bonds. The average Bonchev–Trinajstić information content (AvgIpc) is 2.66. The maximum atomic E-state index is 5.31. The highest BCUT2D eigenvalue weighted by molar-refractivity contribution is 5.40. The van der Waals surface area contributed by atoms with E-state index in [2.05, 4.69) is 36.1 Å². The molecule has 0 saturated heterocycles.